The van der Waals surface area contributed by atoms with E-state index < -0.39 is 5.56 Å². The highest BCUT2D eigenvalue weighted by molar-refractivity contribution is 7.71. The number of H-pyrrole nitrogens is 1. The molecule has 2 N–H and O–H groups in total. The molecule has 0 amide bonds. The van der Waals surface area contributed by atoms with E-state index >= 15 is 0 Å². The summed E-state index contributed by atoms with van der Waals surface area (Å²) in [7, 11) is 3.88. The summed E-state index contributed by atoms with van der Waals surface area (Å²) in [5, 5.41) is 10.4. The maximum absolute atomic E-state index is 12.0. The zero-order chi connectivity index (χ0) is 16.1. The van der Waals surface area contributed by atoms with Gasteiger partial charge >= 0.3 is 0 Å². The molecule has 0 aliphatic heterocycles. The zero-order valence-corrected chi connectivity index (χ0v) is 13.3. The van der Waals surface area contributed by atoms with Crippen LogP contribution in [-0.2, 0) is 0 Å². The number of hydrogen-bond donors (Lipinski definition) is 2. The number of aromatic hydroxyl groups is 1. The van der Waals surface area contributed by atoms with Crippen LogP contribution in [0, 0.1) is 4.77 Å². The maximum atomic E-state index is 12.0. The number of aromatic nitrogens is 2. The van der Waals surface area contributed by atoms with E-state index in [1.807, 2.05) is 37.2 Å². The molecule has 6 nitrogen and oxygen atoms in total. The topological polar surface area (TPSA) is 73.6 Å². The Bertz CT molecular complexity index is 778. The molecule has 1 heterocycles. The van der Waals surface area contributed by atoms with Gasteiger partial charge in [-0.3, -0.25) is 19.3 Å². The van der Waals surface area contributed by atoms with Gasteiger partial charge in [0.2, 0.25) is 5.88 Å². The average Bonchev–Trinajstić information content (AvgIpc) is 2.46. The van der Waals surface area contributed by atoms with Gasteiger partial charge in [-0.1, -0.05) is 18.2 Å². The van der Waals surface area contributed by atoms with E-state index in [0.29, 0.717) is 12.2 Å². The van der Waals surface area contributed by atoms with Crippen LogP contribution < -0.4 is 5.56 Å². The van der Waals surface area contributed by atoms with E-state index in [1.165, 1.54) is 10.8 Å². The summed E-state index contributed by atoms with van der Waals surface area (Å²) in [6.45, 7) is 1.29. The van der Waals surface area contributed by atoms with Crippen molar-refractivity contribution in [1.82, 2.24) is 14.5 Å². The molecule has 0 bridgehead atoms. The Morgan fingerprint density at radius 2 is 2.05 bits per heavy atom. The monoisotopic (exact) mass is 318 g/mol. The Morgan fingerprint density at radius 3 is 2.68 bits per heavy atom. The molecule has 0 fully saturated rings. The number of para-hydroxylation sites is 1. The van der Waals surface area contributed by atoms with E-state index in [9.17, 15) is 9.90 Å². The van der Waals surface area contributed by atoms with E-state index in [0.717, 1.165) is 6.54 Å². The van der Waals surface area contributed by atoms with Gasteiger partial charge in [-0.05, 0) is 38.4 Å². The number of nitrogens with zero attached hydrogens (tertiary/aromatic N) is 3. The quantitative estimate of drug-likeness (QED) is 0.648. The predicted octanol–water partition coefficient (Wildman–Crippen LogP) is 1.58. The Kier molecular flexibility index (Phi) is 5.24. The fourth-order valence-corrected chi connectivity index (χ4v) is 2.17. The highest BCUT2D eigenvalue weighted by Gasteiger charge is 2.11. The minimum atomic E-state index is -0.455. The van der Waals surface area contributed by atoms with Crippen molar-refractivity contribution in [3.8, 4) is 11.6 Å². The third kappa shape index (κ3) is 3.69. The van der Waals surface area contributed by atoms with Crippen LogP contribution in [0.15, 0.2) is 40.1 Å². The lowest BCUT2D eigenvalue weighted by molar-refractivity contribution is 0.420. The lowest BCUT2D eigenvalue weighted by atomic mass is 10.3. The standard InChI is InChI=1S/C15H18N4O2S/c1-18(2)9-8-16-10-12-13(20)17-15(22)19(14(12)21)11-6-4-3-5-7-11/h3-7,10,21H,8-9H2,1-2H3,(H,17,20,22). The highest BCUT2D eigenvalue weighted by atomic mass is 32.1. The predicted molar refractivity (Wildman–Crippen MR) is 89.9 cm³/mol. The third-order valence-electron chi connectivity index (χ3n) is 3.03. The molecule has 0 saturated carbocycles. The minimum Gasteiger partial charge on any atom is -0.494 e. The Labute approximate surface area is 133 Å². The van der Waals surface area contributed by atoms with Crippen LogP contribution in [0.2, 0.25) is 0 Å². The fourth-order valence-electron chi connectivity index (χ4n) is 1.89. The number of hydrogen-bond acceptors (Lipinski definition) is 5. The number of aromatic amines is 1. The van der Waals surface area contributed by atoms with Crippen LogP contribution in [0.1, 0.15) is 5.56 Å². The Hall–Kier alpha value is -2.25. The summed E-state index contributed by atoms with van der Waals surface area (Å²) in [5.41, 5.74) is 0.309. The van der Waals surface area contributed by atoms with Gasteiger partial charge in [-0.25, -0.2) is 0 Å². The molecule has 0 saturated heterocycles. The van der Waals surface area contributed by atoms with E-state index in [-0.39, 0.29) is 16.2 Å². The number of aliphatic imine (C=N–C) groups is 1. The van der Waals surface area contributed by atoms with Crippen molar-refractivity contribution in [2.45, 2.75) is 0 Å². The van der Waals surface area contributed by atoms with Gasteiger partial charge in [-0.15, -0.1) is 0 Å². The second-order valence-electron chi connectivity index (χ2n) is 5.01. The van der Waals surface area contributed by atoms with Crippen LogP contribution >= 0.6 is 12.2 Å². The van der Waals surface area contributed by atoms with Gasteiger partial charge < -0.3 is 10.0 Å². The van der Waals surface area contributed by atoms with Crippen molar-refractivity contribution < 1.29 is 5.11 Å². The minimum absolute atomic E-state index is 0.0937. The van der Waals surface area contributed by atoms with Crippen LogP contribution in [-0.4, -0.2) is 53.0 Å². The van der Waals surface area contributed by atoms with Crippen LogP contribution in [0.25, 0.3) is 5.69 Å². The molecule has 2 rings (SSSR count). The number of rotatable bonds is 5. The van der Waals surface area contributed by atoms with Gasteiger partial charge in [0.05, 0.1) is 12.2 Å². The van der Waals surface area contributed by atoms with E-state index in [1.54, 1.807) is 12.1 Å². The molecular weight excluding hydrogens is 300 g/mol. The molecule has 0 radical (unpaired) electrons. The zero-order valence-electron chi connectivity index (χ0n) is 12.5. The molecule has 0 spiro atoms. The highest BCUT2D eigenvalue weighted by Crippen LogP contribution is 2.18. The van der Waals surface area contributed by atoms with Gasteiger partial charge in [0.15, 0.2) is 4.77 Å². The summed E-state index contributed by atoms with van der Waals surface area (Å²) >= 11 is 5.13. The summed E-state index contributed by atoms with van der Waals surface area (Å²) in [5.74, 6) is -0.214. The van der Waals surface area contributed by atoms with Crippen molar-refractivity contribution >= 4 is 18.4 Å². The second-order valence-corrected chi connectivity index (χ2v) is 5.39. The normalized spacial score (nSPS) is 11.4. The Morgan fingerprint density at radius 1 is 1.36 bits per heavy atom. The summed E-state index contributed by atoms with van der Waals surface area (Å²) in [6, 6.07) is 9.10. The SMILES string of the molecule is CN(C)CCN=Cc1c(O)n(-c2ccccc2)c(=S)[nH]c1=O. The molecule has 116 valence electrons. The van der Waals surface area contributed by atoms with Crippen LogP contribution in [0.4, 0.5) is 0 Å². The first-order valence-corrected chi connectivity index (χ1v) is 7.20. The third-order valence-corrected chi connectivity index (χ3v) is 3.32. The number of likely N-dealkylation sites (N-methyl/N-ethyl adjacent to an activating group) is 1. The van der Waals surface area contributed by atoms with Gasteiger partial charge in [0.1, 0.15) is 5.56 Å². The molecule has 1 aromatic carbocycles. The van der Waals surface area contributed by atoms with Gasteiger partial charge in [-0.2, -0.15) is 0 Å². The summed E-state index contributed by atoms with van der Waals surface area (Å²) in [6.07, 6.45) is 1.38. The first-order chi connectivity index (χ1) is 10.5. The lowest BCUT2D eigenvalue weighted by Gasteiger charge is -2.11. The smallest absolute Gasteiger partial charge is 0.264 e. The van der Waals surface area contributed by atoms with Crippen molar-refractivity contribution in [2.24, 2.45) is 4.99 Å². The Balaban J connectivity index is 2.44. The molecule has 0 unspecified atom stereocenters. The molecule has 0 aliphatic rings. The van der Waals surface area contributed by atoms with Gasteiger partial charge in [0, 0.05) is 12.8 Å². The first kappa shape index (κ1) is 16.1. The van der Waals surface area contributed by atoms with Crippen molar-refractivity contribution in [3.05, 3.63) is 51.0 Å². The second kappa shape index (κ2) is 7.15. The molecule has 22 heavy (non-hydrogen) atoms. The van der Waals surface area contributed by atoms with E-state index in [4.69, 9.17) is 12.2 Å². The summed E-state index contributed by atoms with van der Waals surface area (Å²) in [4.78, 5) is 20.7. The summed E-state index contributed by atoms with van der Waals surface area (Å²) < 4.78 is 1.54. The lowest BCUT2D eigenvalue weighted by Crippen LogP contribution is -2.19. The molecular formula is C15H18N4O2S. The van der Waals surface area contributed by atoms with Crippen molar-refractivity contribution in [1.29, 1.82) is 0 Å². The molecule has 1 aromatic heterocycles. The fraction of sp³-hybridized carbons (Fsp3) is 0.267. The molecule has 0 atom stereocenters. The number of benzene rings is 1. The average molecular weight is 318 g/mol. The number of nitrogens with one attached hydrogen (secondary N) is 1. The van der Waals surface area contributed by atoms with Gasteiger partial charge in [0.25, 0.3) is 5.56 Å². The van der Waals surface area contributed by atoms with Crippen molar-refractivity contribution in [3.63, 3.8) is 0 Å². The van der Waals surface area contributed by atoms with Crippen molar-refractivity contribution in [2.75, 3.05) is 27.2 Å². The van der Waals surface area contributed by atoms with Crippen LogP contribution in [0.3, 0.4) is 0 Å². The van der Waals surface area contributed by atoms with Crippen LogP contribution in [0.5, 0.6) is 5.88 Å². The maximum Gasteiger partial charge on any atom is 0.264 e. The first-order valence-electron chi connectivity index (χ1n) is 6.79. The molecule has 7 heteroatoms. The van der Waals surface area contributed by atoms with E-state index in [2.05, 4.69) is 9.98 Å². The molecule has 2 aromatic rings. The largest absolute Gasteiger partial charge is 0.494 e. The molecule has 0 aliphatic carbocycles.